The van der Waals surface area contributed by atoms with Crippen molar-refractivity contribution in [3.63, 3.8) is 0 Å². The number of hydrogen-bond donors (Lipinski definition) is 4. The first kappa shape index (κ1) is 74.5. The lowest BCUT2D eigenvalue weighted by atomic mass is 9.91. The highest BCUT2D eigenvalue weighted by Gasteiger charge is 2.27. The van der Waals surface area contributed by atoms with Gasteiger partial charge in [-0.3, -0.25) is 0 Å². The van der Waals surface area contributed by atoms with Gasteiger partial charge in [-0.2, -0.15) is 0 Å². The molecule has 20 aromatic rings. The molecule has 1 aliphatic rings. The maximum Gasteiger partial charge on any atom is 0.181 e. The van der Waals surface area contributed by atoms with Crippen LogP contribution in [0.15, 0.2) is 255 Å². The Bertz CT molecular complexity index is 6670. The van der Waals surface area contributed by atoms with Crippen LogP contribution in [0.2, 0.25) is 0 Å². The van der Waals surface area contributed by atoms with E-state index in [-0.39, 0.29) is 23.5 Å². The summed E-state index contributed by atoms with van der Waals surface area (Å²) in [5.74, 6) is 4.06. The molecule has 21 rings (SSSR count). The maximum absolute atomic E-state index is 11.7. The third kappa shape index (κ3) is 14.3. The SMILES string of the molecule is CCCCC(CC)COC1CO1.CCCCC(CC)COCC(O)CCc1ccc(-c2nc(-c3ccc4ccc5cccc6ccc3c4c56)nc(-c3ccc4ccc5cccc6ccc3c4c56)n2)c(O)c1.Oc1ccc(-c2nc(-c3ccc4ccc5cccc6ccc3c4c56)nc(-c3ccc4ccc5cccc6ccc3c4c56)n2)c(O)c1. The molecule has 0 spiro atoms. The van der Waals surface area contributed by atoms with E-state index in [0.717, 1.165) is 103 Å². The molecule has 3 heterocycles. The van der Waals surface area contributed by atoms with Crippen LogP contribution in [0.3, 0.4) is 0 Å². The highest BCUT2D eigenvalue weighted by molar-refractivity contribution is 6.29. The maximum atomic E-state index is 11.7. The van der Waals surface area contributed by atoms with Crippen LogP contribution in [0.5, 0.6) is 17.2 Å². The van der Waals surface area contributed by atoms with Crippen molar-refractivity contribution in [2.75, 3.05) is 26.4 Å². The summed E-state index contributed by atoms with van der Waals surface area (Å²) in [6, 6.07) is 87.5. The zero-order valence-corrected chi connectivity index (χ0v) is 66.2. The molecule has 1 saturated heterocycles. The largest absolute Gasteiger partial charge is 0.508 e. The predicted molar refractivity (Wildman–Crippen MR) is 480 cm³/mol. The zero-order chi connectivity index (χ0) is 79.4. The molecule has 578 valence electrons. The summed E-state index contributed by atoms with van der Waals surface area (Å²) in [5.41, 5.74) is 5.43. The van der Waals surface area contributed by atoms with E-state index in [2.05, 4.69) is 246 Å². The molecule has 1 aliphatic heterocycles. The summed E-state index contributed by atoms with van der Waals surface area (Å²) in [4.78, 5) is 30.7. The van der Waals surface area contributed by atoms with Crippen molar-refractivity contribution in [2.45, 2.75) is 104 Å². The first-order valence-corrected chi connectivity index (χ1v) is 41.5. The Morgan fingerprint density at radius 3 is 0.957 bits per heavy atom. The number of nitrogens with zero attached hydrogens (tertiary/aromatic N) is 6. The lowest BCUT2D eigenvalue weighted by Gasteiger charge is -2.17. The van der Waals surface area contributed by atoms with Crippen molar-refractivity contribution in [1.29, 1.82) is 0 Å². The minimum atomic E-state index is -0.579. The predicted octanol–water partition coefficient (Wildman–Crippen LogP) is 25.6. The molecule has 18 aromatic carbocycles. The highest BCUT2D eigenvalue weighted by atomic mass is 16.8. The number of ether oxygens (including phenoxy) is 3. The molecule has 4 unspecified atom stereocenters. The quantitative estimate of drug-likeness (QED) is 0.0331. The average molecular weight is 1540 g/mol. The fraction of sp³-hybridized carbons (Fsp3) is 0.212. The summed E-state index contributed by atoms with van der Waals surface area (Å²) in [6.07, 6.45) is 10.5. The number of hydrogen-bond acceptors (Lipinski definition) is 13. The van der Waals surface area contributed by atoms with Gasteiger partial charge in [0.05, 0.1) is 30.4 Å². The number of phenolic OH excluding ortho intramolecular Hbond substituents is 3. The van der Waals surface area contributed by atoms with Crippen LogP contribution in [-0.2, 0) is 20.6 Å². The first-order chi connectivity index (χ1) is 57.4. The Labute approximate surface area is 678 Å². The topological polar surface area (TPSA) is 189 Å². The molecular weight excluding hydrogens is 1450 g/mol. The van der Waals surface area contributed by atoms with Crippen molar-refractivity contribution in [3.8, 4) is 85.6 Å². The summed E-state index contributed by atoms with van der Waals surface area (Å²) >= 11 is 0. The molecule has 2 aromatic heterocycles. The van der Waals surface area contributed by atoms with Crippen LogP contribution in [0, 0.1) is 11.8 Å². The fourth-order valence-electron chi connectivity index (χ4n) is 17.8. The number of unbranched alkanes of at least 4 members (excludes halogenated alkanes) is 2. The molecule has 0 aliphatic carbocycles. The number of epoxide rings is 1. The van der Waals surface area contributed by atoms with Gasteiger partial charge in [-0.1, -0.05) is 266 Å². The number of rotatable bonds is 24. The third-order valence-corrected chi connectivity index (χ3v) is 24.2. The van der Waals surface area contributed by atoms with E-state index in [1.165, 1.54) is 137 Å². The molecule has 0 amide bonds. The summed E-state index contributed by atoms with van der Waals surface area (Å²) < 4.78 is 16.4. The van der Waals surface area contributed by atoms with Gasteiger partial charge >= 0.3 is 0 Å². The van der Waals surface area contributed by atoms with E-state index >= 15 is 0 Å². The van der Waals surface area contributed by atoms with E-state index in [0.29, 0.717) is 78.0 Å². The first-order valence-electron chi connectivity index (χ1n) is 41.5. The second-order valence-corrected chi connectivity index (χ2v) is 31.7. The van der Waals surface area contributed by atoms with Gasteiger partial charge in [0.2, 0.25) is 0 Å². The number of aryl methyl sites for hydroxylation is 1. The van der Waals surface area contributed by atoms with Crippen molar-refractivity contribution in [2.24, 2.45) is 11.8 Å². The van der Waals surface area contributed by atoms with Crippen LogP contribution in [0.25, 0.3) is 198 Å². The standard InChI is InChI=1S/C53H47N3O3.C41H23N3O2.C10H20O2/c1-3-5-8-32(4-2)30-59-31-40(57)23-13-33-14-24-45(46(58)29-33)53-55-51(43-27-21-38-17-15-34-9-6-11-36-19-25-41(43)49(38)47(34)36)54-52(56-53)44-28-22-39-18-16-35-10-7-12-37-20-26-42(44)50(39)48(35)37;45-28-15-20-33(34(46)21-28)41-43-39(31-18-13-26-9-7-22-3-1-5-24-11-16-29(31)37(26)35(22)24)42-40(44-41)32-19-14-27-10-8-23-4-2-6-25-12-17-30(32)38(27)36(23)25;1-3-5-6-9(4-2)7-11-10-8-12-10/h6-7,9-12,14-22,24-29,32,40,57-58H,3-5,8,13,23,30-31H2,1-2H3;1-21,45-46H;9-10H,3-8H2,1-2H3. The normalized spacial score (nSPS) is 13.9. The molecule has 13 nitrogen and oxygen atoms in total. The van der Waals surface area contributed by atoms with Gasteiger partial charge < -0.3 is 34.6 Å². The van der Waals surface area contributed by atoms with Gasteiger partial charge in [0, 0.05) is 34.9 Å². The second-order valence-electron chi connectivity index (χ2n) is 31.7. The summed E-state index contributed by atoms with van der Waals surface area (Å²) in [7, 11) is 0. The molecule has 13 heteroatoms. The Morgan fingerprint density at radius 2 is 0.632 bits per heavy atom. The van der Waals surface area contributed by atoms with E-state index in [1.54, 1.807) is 12.1 Å². The van der Waals surface area contributed by atoms with Gasteiger partial charge in [0.1, 0.15) is 23.9 Å². The lowest BCUT2D eigenvalue weighted by Crippen LogP contribution is -2.19. The van der Waals surface area contributed by atoms with Crippen molar-refractivity contribution >= 4 is 129 Å². The van der Waals surface area contributed by atoms with Crippen LogP contribution in [-0.4, -0.2) is 89.2 Å². The summed E-state index contributed by atoms with van der Waals surface area (Å²) in [6.45, 7) is 11.6. The Kier molecular flexibility index (Phi) is 20.3. The Morgan fingerprint density at radius 1 is 0.333 bits per heavy atom. The average Bonchev–Trinajstić information content (AvgIpc) is 0.890. The van der Waals surface area contributed by atoms with E-state index in [4.69, 9.17) is 44.1 Å². The number of phenols is 3. The van der Waals surface area contributed by atoms with Crippen LogP contribution >= 0.6 is 0 Å². The Hall–Kier alpha value is -12.6. The van der Waals surface area contributed by atoms with Gasteiger partial charge in [0.25, 0.3) is 0 Å². The molecule has 0 saturated carbocycles. The minimum Gasteiger partial charge on any atom is -0.508 e. The second kappa shape index (κ2) is 31.9. The van der Waals surface area contributed by atoms with Crippen molar-refractivity contribution in [3.05, 3.63) is 260 Å². The van der Waals surface area contributed by atoms with Gasteiger partial charge in [-0.25, -0.2) is 29.9 Å². The fourth-order valence-corrected chi connectivity index (χ4v) is 17.8. The lowest BCUT2D eigenvalue weighted by molar-refractivity contribution is 0.0157. The zero-order valence-electron chi connectivity index (χ0n) is 66.2. The molecule has 0 bridgehead atoms. The van der Waals surface area contributed by atoms with Gasteiger partial charge in [-0.05, 0) is 221 Å². The van der Waals surface area contributed by atoms with Crippen LogP contribution in [0.1, 0.15) is 91.0 Å². The molecule has 0 radical (unpaired) electrons. The molecule has 1 fully saturated rings. The molecule has 4 atom stereocenters. The highest BCUT2D eigenvalue weighted by Crippen LogP contribution is 2.46. The number of aliphatic hydroxyl groups is 1. The number of aromatic hydroxyl groups is 3. The number of aromatic nitrogens is 6. The molecule has 4 N–H and O–H groups in total. The monoisotopic (exact) mass is 1530 g/mol. The Balaban J connectivity index is 0.000000139. The van der Waals surface area contributed by atoms with Gasteiger partial charge in [-0.15, -0.1) is 0 Å². The molecule has 117 heavy (non-hydrogen) atoms. The van der Waals surface area contributed by atoms with E-state index in [9.17, 15) is 20.4 Å². The van der Waals surface area contributed by atoms with Gasteiger partial charge in [0.15, 0.2) is 41.2 Å². The van der Waals surface area contributed by atoms with Crippen LogP contribution < -0.4 is 0 Å². The van der Waals surface area contributed by atoms with E-state index < -0.39 is 6.10 Å². The van der Waals surface area contributed by atoms with Crippen molar-refractivity contribution in [1.82, 2.24) is 29.9 Å². The number of aliphatic hydroxyl groups excluding tert-OH is 1. The molecular formula is C104H90N6O7. The summed E-state index contributed by atoms with van der Waals surface area (Å²) in [5, 5.41) is 71.4. The number of benzene rings is 18. The smallest absolute Gasteiger partial charge is 0.181 e. The van der Waals surface area contributed by atoms with Crippen LogP contribution in [0.4, 0.5) is 0 Å². The van der Waals surface area contributed by atoms with E-state index in [1.807, 2.05) is 12.1 Å². The minimum absolute atomic E-state index is 0.0330. The van der Waals surface area contributed by atoms with Crippen molar-refractivity contribution < 1.29 is 34.6 Å². The third-order valence-electron chi connectivity index (χ3n) is 24.2.